The first-order chi connectivity index (χ1) is 8.26. The van der Waals surface area contributed by atoms with E-state index in [0.717, 1.165) is 12.3 Å². The molecule has 0 saturated heterocycles. The third-order valence-electron chi connectivity index (χ3n) is 3.08. The summed E-state index contributed by atoms with van der Waals surface area (Å²) in [6, 6.07) is 6.33. The molecule has 0 N–H and O–H groups in total. The fourth-order valence-electron chi connectivity index (χ4n) is 2.10. The first-order valence-electron chi connectivity index (χ1n) is 6.23. The van der Waals surface area contributed by atoms with Crippen molar-refractivity contribution < 1.29 is 33.3 Å². The number of aromatic nitrogens is 1. The minimum atomic E-state index is 0. The number of rotatable bonds is 5. The van der Waals surface area contributed by atoms with Gasteiger partial charge in [0.15, 0.2) is 0 Å². The molecule has 0 unspecified atom stereocenters. The summed E-state index contributed by atoms with van der Waals surface area (Å²) in [5, 5.41) is 1.38. The van der Waals surface area contributed by atoms with Crippen molar-refractivity contribution in [3.05, 3.63) is 23.2 Å². The molecule has 0 bridgehead atoms. The molecule has 2 aromatic rings. The normalized spacial score (nSPS) is 10.4. The van der Waals surface area contributed by atoms with E-state index < -0.39 is 0 Å². The summed E-state index contributed by atoms with van der Waals surface area (Å²) in [5.41, 5.74) is 1.31. The minimum Gasteiger partial charge on any atom is -1.00 e. The Kier molecular flexibility index (Phi) is 6.35. The van der Waals surface area contributed by atoms with Crippen LogP contribution in [0.25, 0.3) is 10.2 Å². The molecule has 100 valence electrons. The number of halogens is 1. The summed E-state index contributed by atoms with van der Waals surface area (Å²) in [6.45, 7) is 5.56. The number of benzene rings is 1. The maximum atomic E-state index is 5.30. The molecule has 1 heterocycles. The smallest absolute Gasteiger partial charge is 0.235 e. The maximum absolute atomic E-state index is 5.30. The highest BCUT2D eigenvalue weighted by Crippen LogP contribution is 2.24. The van der Waals surface area contributed by atoms with Gasteiger partial charge >= 0.3 is 0 Å². The van der Waals surface area contributed by atoms with Gasteiger partial charge in [-0.2, -0.15) is 4.57 Å². The largest absolute Gasteiger partial charge is 1.00 e. The van der Waals surface area contributed by atoms with Crippen molar-refractivity contribution in [2.75, 3.05) is 7.11 Å². The van der Waals surface area contributed by atoms with Crippen LogP contribution in [0.1, 0.15) is 31.2 Å². The van der Waals surface area contributed by atoms with E-state index in [2.05, 4.69) is 30.5 Å². The van der Waals surface area contributed by atoms with Crippen LogP contribution in [0.4, 0.5) is 0 Å². The summed E-state index contributed by atoms with van der Waals surface area (Å²) in [4.78, 5) is 0. The Labute approximate surface area is 130 Å². The molecule has 0 saturated carbocycles. The van der Waals surface area contributed by atoms with Crippen molar-refractivity contribution in [2.45, 2.75) is 39.7 Å². The highest BCUT2D eigenvalue weighted by molar-refractivity contribution is 7.18. The maximum Gasteiger partial charge on any atom is 0.235 e. The average Bonchev–Trinajstić information content (AvgIpc) is 2.65. The second-order valence-corrected chi connectivity index (χ2v) is 5.55. The monoisotopic (exact) mass is 377 g/mol. The Morgan fingerprint density at radius 2 is 2.06 bits per heavy atom. The quantitative estimate of drug-likeness (QED) is 0.425. The molecule has 1 aromatic heterocycles. The lowest BCUT2D eigenvalue weighted by atomic mass is 10.2. The number of aryl methyl sites for hydroxylation is 2. The molecule has 2 rings (SSSR count). The molecule has 0 aliphatic carbocycles. The zero-order valence-electron chi connectivity index (χ0n) is 11.2. The van der Waals surface area contributed by atoms with Crippen molar-refractivity contribution >= 4 is 21.6 Å². The lowest BCUT2D eigenvalue weighted by Gasteiger charge is -1.99. The van der Waals surface area contributed by atoms with Crippen molar-refractivity contribution in [3.63, 3.8) is 0 Å². The first-order valence-corrected chi connectivity index (χ1v) is 7.05. The molecule has 0 radical (unpaired) electrons. The van der Waals surface area contributed by atoms with Gasteiger partial charge in [0.1, 0.15) is 17.0 Å². The number of unbranched alkanes of at least 4 members (excludes halogenated alkanes) is 2. The van der Waals surface area contributed by atoms with Gasteiger partial charge in [-0.15, -0.1) is 0 Å². The average molecular weight is 377 g/mol. The van der Waals surface area contributed by atoms with E-state index >= 15 is 0 Å². The molecule has 2 nitrogen and oxygen atoms in total. The van der Waals surface area contributed by atoms with E-state index in [4.69, 9.17) is 4.74 Å². The van der Waals surface area contributed by atoms with Crippen LogP contribution in [0.3, 0.4) is 0 Å². The molecule has 18 heavy (non-hydrogen) atoms. The Bertz CT molecular complexity index is 510. The number of ether oxygens (including phenoxy) is 1. The van der Waals surface area contributed by atoms with E-state index in [9.17, 15) is 0 Å². The topological polar surface area (TPSA) is 13.1 Å². The van der Waals surface area contributed by atoms with Crippen LogP contribution < -0.4 is 33.3 Å². The van der Waals surface area contributed by atoms with Crippen LogP contribution in [0.2, 0.25) is 0 Å². The number of thiazole rings is 1. The van der Waals surface area contributed by atoms with Gasteiger partial charge in [-0.1, -0.05) is 24.7 Å². The number of nitrogens with zero attached hydrogens (tertiary/aromatic N) is 1. The summed E-state index contributed by atoms with van der Waals surface area (Å²) >= 11 is 1.86. The Morgan fingerprint density at radius 3 is 2.72 bits per heavy atom. The molecule has 0 fully saturated rings. The molecule has 1 aromatic carbocycles. The van der Waals surface area contributed by atoms with E-state index in [1.807, 2.05) is 17.4 Å². The van der Waals surface area contributed by atoms with Gasteiger partial charge in [0.05, 0.1) is 13.2 Å². The Balaban J connectivity index is 0.00000162. The molecule has 0 amide bonds. The number of hydrogen-bond acceptors (Lipinski definition) is 2. The van der Waals surface area contributed by atoms with Crippen LogP contribution in [-0.4, -0.2) is 7.11 Å². The van der Waals surface area contributed by atoms with Crippen molar-refractivity contribution in [3.8, 4) is 5.75 Å². The zero-order valence-corrected chi connectivity index (χ0v) is 14.2. The number of fused-ring (bicyclic) bond motifs is 1. The van der Waals surface area contributed by atoms with Crippen molar-refractivity contribution in [2.24, 2.45) is 0 Å². The van der Waals surface area contributed by atoms with Gasteiger partial charge in [-0.3, -0.25) is 0 Å². The molecule has 0 aliphatic heterocycles. The summed E-state index contributed by atoms with van der Waals surface area (Å²) in [5.74, 6) is 0.944. The fourth-order valence-corrected chi connectivity index (χ4v) is 3.13. The van der Waals surface area contributed by atoms with E-state index in [1.54, 1.807) is 7.11 Å². The van der Waals surface area contributed by atoms with Crippen molar-refractivity contribution in [1.29, 1.82) is 0 Å². The Morgan fingerprint density at radius 1 is 1.28 bits per heavy atom. The highest BCUT2D eigenvalue weighted by Gasteiger charge is 2.17. The third-order valence-corrected chi connectivity index (χ3v) is 4.16. The van der Waals surface area contributed by atoms with Crippen LogP contribution in [0, 0.1) is 6.92 Å². The fraction of sp³-hybridized carbons (Fsp3) is 0.500. The summed E-state index contributed by atoms with van der Waals surface area (Å²) in [7, 11) is 1.72. The van der Waals surface area contributed by atoms with E-state index in [-0.39, 0.29) is 24.0 Å². The molecule has 0 atom stereocenters. The second kappa shape index (κ2) is 7.28. The highest BCUT2D eigenvalue weighted by atomic mass is 127. The van der Waals surface area contributed by atoms with Gasteiger partial charge < -0.3 is 28.7 Å². The van der Waals surface area contributed by atoms with Gasteiger partial charge in [0.2, 0.25) is 10.5 Å². The van der Waals surface area contributed by atoms with E-state index in [0.29, 0.717) is 0 Å². The number of hydrogen-bond donors (Lipinski definition) is 0. The Hall–Kier alpha value is -0.360. The second-order valence-electron chi connectivity index (χ2n) is 4.31. The van der Waals surface area contributed by atoms with Crippen LogP contribution in [-0.2, 0) is 6.54 Å². The molecular formula is C14H20INOS. The molecular weight excluding hydrogens is 357 g/mol. The molecule has 0 aliphatic rings. The predicted octanol–water partition coefficient (Wildman–Crippen LogP) is 0.700. The van der Waals surface area contributed by atoms with E-state index in [1.165, 1.54) is 34.5 Å². The summed E-state index contributed by atoms with van der Waals surface area (Å²) < 4.78 is 9.07. The first kappa shape index (κ1) is 15.7. The minimum absolute atomic E-state index is 0. The number of methoxy groups -OCH3 is 1. The third kappa shape index (κ3) is 3.35. The summed E-state index contributed by atoms with van der Waals surface area (Å²) in [6.07, 6.45) is 3.82. The lowest BCUT2D eigenvalue weighted by molar-refractivity contribution is -0.673. The SMILES string of the molecule is CCCCC[n+]1c(C)sc2ccc(OC)cc21.[I-]. The van der Waals surface area contributed by atoms with Crippen molar-refractivity contribution in [1.82, 2.24) is 0 Å². The van der Waals surface area contributed by atoms with Gasteiger partial charge in [-0.05, 0) is 18.6 Å². The molecule has 4 heteroatoms. The van der Waals surface area contributed by atoms with Gasteiger partial charge in [0, 0.05) is 13.3 Å². The van der Waals surface area contributed by atoms with Crippen LogP contribution in [0.5, 0.6) is 5.75 Å². The van der Waals surface area contributed by atoms with Gasteiger partial charge in [-0.25, -0.2) is 0 Å². The lowest BCUT2D eigenvalue weighted by Crippen LogP contribution is -3.00. The molecule has 0 spiro atoms. The van der Waals surface area contributed by atoms with Gasteiger partial charge in [0.25, 0.3) is 0 Å². The van der Waals surface area contributed by atoms with Crippen LogP contribution in [0.15, 0.2) is 18.2 Å². The zero-order chi connectivity index (χ0) is 12.3. The predicted molar refractivity (Wildman–Crippen MR) is 72.8 cm³/mol. The van der Waals surface area contributed by atoms with Crippen LogP contribution >= 0.6 is 11.3 Å². The standard InChI is InChI=1S/C14H20NOS.HI/c1-4-5-6-9-15-11(2)17-14-8-7-12(16-3)10-13(14)15;/h7-8,10H,4-6,9H2,1-3H3;1H/q+1;/p-1.